The second-order valence-electron chi connectivity index (χ2n) is 9.62. The van der Waals surface area contributed by atoms with Crippen LogP contribution in [0.1, 0.15) is 24.8 Å². The van der Waals surface area contributed by atoms with Gasteiger partial charge in [-0.1, -0.05) is 47.1 Å². The third kappa shape index (κ3) is 3.53. The lowest BCUT2D eigenvalue weighted by Crippen LogP contribution is -2.43. The van der Waals surface area contributed by atoms with E-state index in [1.54, 1.807) is 6.20 Å². The predicted molar refractivity (Wildman–Crippen MR) is 141 cm³/mol. The maximum Gasteiger partial charge on any atom is 0.334 e. The van der Waals surface area contributed by atoms with E-state index in [1.165, 1.54) is 6.20 Å². The van der Waals surface area contributed by atoms with E-state index < -0.39 is 0 Å². The van der Waals surface area contributed by atoms with Crippen molar-refractivity contribution >= 4 is 16.6 Å². The summed E-state index contributed by atoms with van der Waals surface area (Å²) in [6, 6.07) is 22.6. The van der Waals surface area contributed by atoms with E-state index >= 15 is 0 Å². The van der Waals surface area contributed by atoms with Gasteiger partial charge in [-0.2, -0.15) is 4.40 Å². The first-order valence-electron chi connectivity index (χ1n) is 12.3. The van der Waals surface area contributed by atoms with Gasteiger partial charge in [-0.3, -0.25) is 9.78 Å². The van der Waals surface area contributed by atoms with Gasteiger partial charge in [-0.25, -0.2) is 4.98 Å². The third-order valence-corrected chi connectivity index (χ3v) is 7.33. The zero-order chi connectivity index (χ0) is 25.0. The number of aromatic nitrogens is 6. The molecule has 2 aromatic carbocycles. The highest BCUT2D eigenvalue weighted by molar-refractivity contribution is 5.93. The molecule has 8 heteroatoms. The monoisotopic (exact) mass is 486 g/mol. The van der Waals surface area contributed by atoms with Gasteiger partial charge in [0, 0.05) is 23.5 Å². The Kier molecular flexibility index (Phi) is 4.77. The van der Waals surface area contributed by atoms with Crippen LogP contribution in [0.15, 0.2) is 96.3 Å². The van der Waals surface area contributed by atoms with Crippen LogP contribution in [0.2, 0.25) is 0 Å². The van der Waals surface area contributed by atoms with Crippen molar-refractivity contribution in [1.29, 1.82) is 0 Å². The minimum Gasteiger partial charge on any atom is -0.325 e. The van der Waals surface area contributed by atoms with Crippen LogP contribution in [0.3, 0.4) is 0 Å². The largest absolute Gasteiger partial charge is 0.334 e. The maximum absolute atomic E-state index is 11.7. The van der Waals surface area contributed by atoms with Gasteiger partial charge in [0.05, 0.1) is 28.4 Å². The topological polar surface area (TPSA) is 107 Å². The van der Waals surface area contributed by atoms with Crippen molar-refractivity contribution in [2.45, 2.75) is 24.8 Å². The number of fused-ring (bicyclic) bond motifs is 3. The predicted octanol–water partition coefficient (Wildman–Crippen LogP) is 3.91. The fraction of sp³-hybridized carbons (Fsp3) is 0.138. The van der Waals surface area contributed by atoms with E-state index in [0.717, 1.165) is 58.2 Å². The van der Waals surface area contributed by atoms with E-state index in [2.05, 4.69) is 52.4 Å². The standard InChI is InChI=1S/C29H23N7O/c30-29(12-4-13-29)21-7-9-22(10-8-21)36-28-23-15-20(19-5-2-1-3-6-19)16-31-24(23)11-14-35(28)27(34-36)25-17-33-26(37)18-32-25/h1-3,5-11,14-18H,4,12-13,30H2/p+1. The van der Waals surface area contributed by atoms with E-state index in [0.29, 0.717) is 11.5 Å². The molecule has 0 unspecified atom stereocenters. The quantitative estimate of drug-likeness (QED) is 0.368. The maximum atomic E-state index is 11.7. The molecule has 0 bridgehead atoms. The van der Waals surface area contributed by atoms with Crippen molar-refractivity contribution in [3.63, 3.8) is 0 Å². The number of H-pyrrole nitrogens is 1. The molecule has 0 aliphatic heterocycles. The highest BCUT2D eigenvalue weighted by atomic mass is 16.1. The molecule has 0 atom stereocenters. The summed E-state index contributed by atoms with van der Waals surface area (Å²) < 4.78 is 3.90. The van der Waals surface area contributed by atoms with Crippen molar-refractivity contribution in [2.24, 2.45) is 5.73 Å². The molecule has 1 aliphatic rings. The summed E-state index contributed by atoms with van der Waals surface area (Å²) in [4.78, 5) is 23.5. The van der Waals surface area contributed by atoms with Crippen LogP contribution in [0, 0.1) is 0 Å². The van der Waals surface area contributed by atoms with Crippen molar-refractivity contribution in [2.75, 3.05) is 0 Å². The van der Waals surface area contributed by atoms with Crippen molar-refractivity contribution in [3.05, 3.63) is 107 Å². The molecule has 4 aromatic heterocycles. The molecule has 0 spiro atoms. The van der Waals surface area contributed by atoms with Crippen LogP contribution in [-0.4, -0.2) is 24.7 Å². The number of hydrogen-bond donors (Lipinski definition) is 2. The molecule has 8 nitrogen and oxygen atoms in total. The van der Waals surface area contributed by atoms with Crippen LogP contribution in [0.4, 0.5) is 0 Å². The van der Waals surface area contributed by atoms with Gasteiger partial charge < -0.3 is 10.7 Å². The Bertz CT molecular complexity index is 1810. The van der Waals surface area contributed by atoms with Gasteiger partial charge in [0.2, 0.25) is 0 Å². The van der Waals surface area contributed by atoms with Crippen molar-refractivity contribution in [1.82, 2.24) is 24.7 Å². The summed E-state index contributed by atoms with van der Waals surface area (Å²) >= 11 is 0. The molecular formula is C29H24N7O+. The molecule has 180 valence electrons. The van der Waals surface area contributed by atoms with Gasteiger partial charge in [0.1, 0.15) is 5.69 Å². The van der Waals surface area contributed by atoms with E-state index in [9.17, 15) is 4.79 Å². The normalized spacial score (nSPS) is 14.6. The van der Waals surface area contributed by atoms with Gasteiger partial charge >= 0.3 is 5.82 Å². The highest BCUT2D eigenvalue weighted by Gasteiger charge is 2.34. The molecule has 4 heterocycles. The third-order valence-electron chi connectivity index (χ3n) is 7.33. The summed E-state index contributed by atoms with van der Waals surface area (Å²) in [7, 11) is 0. The first-order valence-corrected chi connectivity index (χ1v) is 12.3. The molecule has 0 saturated heterocycles. The second-order valence-corrected chi connectivity index (χ2v) is 9.62. The summed E-state index contributed by atoms with van der Waals surface area (Å²) in [5.74, 6) is 0.608. The van der Waals surface area contributed by atoms with E-state index in [-0.39, 0.29) is 11.1 Å². The molecular weight excluding hydrogens is 462 g/mol. The Morgan fingerprint density at radius 3 is 2.46 bits per heavy atom. The number of rotatable bonds is 4. The van der Waals surface area contributed by atoms with Crippen molar-refractivity contribution < 1.29 is 4.40 Å². The lowest BCUT2D eigenvalue weighted by molar-refractivity contribution is -0.498. The SMILES string of the molecule is NC1(c2ccc(-n3nc(-c4c[nH]c(=O)cn4)[n+]4ccc5ncc(-c6ccccc6)cc5c34)cc2)CCC1. The molecule has 3 N–H and O–H groups in total. The molecule has 6 aromatic rings. The number of hydrogen-bond acceptors (Lipinski definition) is 5. The zero-order valence-electron chi connectivity index (χ0n) is 20.0. The number of nitrogens with two attached hydrogens (primary N) is 1. The lowest BCUT2D eigenvalue weighted by Gasteiger charge is -2.38. The number of pyridine rings is 2. The van der Waals surface area contributed by atoms with Crippen LogP contribution < -0.4 is 15.7 Å². The summed E-state index contributed by atoms with van der Waals surface area (Å²) in [5, 5.41) is 5.92. The number of nitrogens with one attached hydrogen (secondary N) is 1. The van der Waals surface area contributed by atoms with Crippen molar-refractivity contribution in [3.8, 4) is 28.3 Å². The average molecular weight is 487 g/mol. The van der Waals surface area contributed by atoms with Gasteiger partial charge in [-0.15, -0.1) is 0 Å². The molecule has 1 aliphatic carbocycles. The summed E-state index contributed by atoms with van der Waals surface area (Å²) in [5.41, 5.74) is 12.5. The van der Waals surface area contributed by atoms with E-state index in [4.69, 9.17) is 15.8 Å². The average Bonchev–Trinajstić information content (AvgIpc) is 3.33. The van der Waals surface area contributed by atoms with Gasteiger partial charge in [0.25, 0.3) is 11.2 Å². The Hall–Kier alpha value is -4.69. The number of aromatic amines is 1. The smallest absolute Gasteiger partial charge is 0.325 e. The minimum absolute atomic E-state index is 0.230. The minimum atomic E-state index is -0.262. The number of nitrogens with zero attached hydrogens (tertiary/aromatic N) is 5. The molecule has 7 rings (SSSR count). The number of benzene rings is 2. The van der Waals surface area contributed by atoms with Crippen LogP contribution in [-0.2, 0) is 5.54 Å². The Morgan fingerprint density at radius 2 is 1.76 bits per heavy atom. The molecule has 37 heavy (non-hydrogen) atoms. The van der Waals surface area contributed by atoms with Crippen LogP contribution >= 0.6 is 0 Å². The molecule has 0 amide bonds. The Labute approximate surface area is 212 Å². The van der Waals surface area contributed by atoms with Gasteiger partial charge in [0.15, 0.2) is 5.69 Å². The first kappa shape index (κ1) is 21.6. The zero-order valence-corrected chi connectivity index (χ0v) is 20.0. The lowest BCUT2D eigenvalue weighted by atomic mass is 9.73. The van der Waals surface area contributed by atoms with Crippen LogP contribution in [0.5, 0.6) is 0 Å². The van der Waals surface area contributed by atoms with Gasteiger partial charge in [-0.05, 0) is 54.7 Å². The Balaban J connectivity index is 1.49. The fourth-order valence-electron chi connectivity index (χ4n) is 5.10. The van der Waals surface area contributed by atoms with Crippen LogP contribution in [0.25, 0.3) is 44.9 Å². The second kappa shape index (κ2) is 8.18. The Morgan fingerprint density at radius 1 is 0.946 bits per heavy atom. The summed E-state index contributed by atoms with van der Waals surface area (Å²) in [6.07, 6.45) is 9.87. The summed E-state index contributed by atoms with van der Waals surface area (Å²) in [6.45, 7) is 0. The highest BCUT2D eigenvalue weighted by Crippen LogP contribution is 2.39. The molecule has 1 fully saturated rings. The van der Waals surface area contributed by atoms with E-state index in [1.807, 2.05) is 45.7 Å². The molecule has 0 radical (unpaired) electrons. The fourth-order valence-corrected chi connectivity index (χ4v) is 5.10. The molecule has 1 saturated carbocycles. The first-order chi connectivity index (χ1) is 18.1.